The average Bonchev–Trinajstić information content (AvgIpc) is 3.10. The molecule has 1 aliphatic rings. The molecule has 146 valence electrons. The smallest absolute Gasteiger partial charge is 0.327 e. The Balaban J connectivity index is 0. The van der Waals surface area contributed by atoms with E-state index < -0.39 is 11.9 Å². The van der Waals surface area contributed by atoms with Gasteiger partial charge in [-0.25, -0.2) is 9.59 Å². The first-order chi connectivity index (χ1) is 13.0. The van der Waals surface area contributed by atoms with Crippen LogP contribution in [0.2, 0.25) is 0 Å². The Kier molecular flexibility index (Phi) is 15.7. The molecule has 0 aliphatic heterocycles. The number of hydrogen-bond donors (Lipinski definition) is 4. The molecule has 3 rings (SSSR count). The lowest BCUT2D eigenvalue weighted by molar-refractivity contribution is -0.132. The number of carboxylic acids is 2. The van der Waals surface area contributed by atoms with Gasteiger partial charge < -0.3 is 20.4 Å². The van der Waals surface area contributed by atoms with Gasteiger partial charge in [-0.15, -0.1) is 0 Å². The lowest BCUT2D eigenvalue weighted by Crippen LogP contribution is -1.82. The fourth-order valence-electron chi connectivity index (χ4n) is 2.08. The Labute approximate surface area is 159 Å². The Hall–Kier alpha value is -3.22. The monoisotopic (exact) mass is 374 g/mol. The zero-order valence-electron chi connectivity index (χ0n) is 15.5. The molecule has 6 nitrogen and oxygen atoms in total. The molecule has 0 aromatic heterocycles. The minimum absolute atomic E-state index is 0.833. The second-order valence-corrected chi connectivity index (χ2v) is 4.58. The van der Waals surface area contributed by atoms with Crippen LogP contribution in [-0.2, 0) is 16.0 Å². The highest BCUT2D eigenvalue weighted by molar-refractivity contribution is 5.79. The van der Waals surface area contributed by atoms with Gasteiger partial charge >= 0.3 is 11.9 Å². The maximum absolute atomic E-state index is 9.25. The second kappa shape index (κ2) is 16.3. The Morgan fingerprint density at radius 1 is 0.741 bits per heavy atom. The van der Waals surface area contributed by atoms with Crippen molar-refractivity contribution in [1.82, 2.24) is 0 Å². The molecule has 0 bridgehead atoms. The first kappa shape index (κ1) is 26.0. The number of aliphatic hydroxyl groups excluding tert-OH is 2. The number of carboxylic acid groups (broad SMARTS) is 2. The summed E-state index contributed by atoms with van der Waals surface area (Å²) in [5.74, 6) is -1.96. The Bertz CT molecular complexity index is 661. The fourth-order valence-corrected chi connectivity index (χ4v) is 2.08. The lowest BCUT2D eigenvalue weighted by atomic mass is 10.1. The highest BCUT2D eigenvalue weighted by atomic mass is 16.4. The summed E-state index contributed by atoms with van der Waals surface area (Å²) in [6.07, 6.45) is 2.77. The van der Waals surface area contributed by atoms with Crippen LogP contribution in [0.3, 0.4) is 0 Å². The van der Waals surface area contributed by atoms with E-state index in [-0.39, 0.29) is 0 Å². The van der Waals surface area contributed by atoms with Gasteiger partial charge in [-0.1, -0.05) is 61.7 Å². The third-order valence-corrected chi connectivity index (χ3v) is 3.06. The second-order valence-electron chi connectivity index (χ2n) is 4.58. The number of hydrogen-bond acceptors (Lipinski definition) is 4. The molecule has 0 fully saturated rings. The molecule has 2 aromatic rings. The summed E-state index contributed by atoms with van der Waals surface area (Å²) < 4.78 is 0. The van der Waals surface area contributed by atoms with E-state index in [2.05, 4.69) is 61.7 Å². The molecule has 2 aromatic carbocycles. The van der Waals surface area contributed by atoms with Crippen molar-refractivity contribution in [3.8, 4) is 11.1 Å². The summed E-state index contributed by atoms with van der Waals surface area (Å²) in [5.41, 5.74) is 5.75. The molecular formula is C21H26O6. The normalized spacial score (nSPS) is 8.74. The number of carbonyl (C=O) groups is 2. The molecule has 27 heavy (non-hydrogen) atoms. The van der Waals surface area contributed by atoms with Crippen LogP contribution in [0.4, 0.5) is 0 Å². The minimum Gasteiger partial charge on any atom is -0.478 e. The van der Waals surface area contributed by atoms with E-state index in [4.69, 9.17) is 20.4 Å². The van der Waals surface area contributed by atoms with Crippen LogP contribution >= 0.6 is 0 Å². The number of rotatable bonds is 2. The van der Waals surface area contributed by atoms with Gasteiger partial charge in [0.05, 0.1) is 0 Å². The maximum Gasteiger partial charge on any atom is 0.327 e. The Morgan fingerprint density at radius 3 is 1.26 bits per heavy atom. The van der Waals surface area contributed by atoms with Crippen molar-refractivity contribution in [2.24, 2.45) is 0 Å². The molecule has 0 amide bonds. The summed E-state index contributed by atoms with van der Waals surface area (Å²) in [7, 11) is 2.00. The van der Waals surface area contributed by atoms with Gasteiger partial charge in [-0.3, -0.25) is 0 Å². The van der Waals surface area contributed by atoms with Gasteiger partial charge in [0.1, 0.15) is 0 Å². The summed E-state index contributed by atoms with van der Waals surface area (Å²) in [5, 5.41) is 29.2. The van der Waals surface area contributed by atoms with E-state index in [1.54, 1.807) is 0 Å². The zero-order valence-corrected chi connectivity index (χ0v) is 15.5. The van der Waals surface area contributed by atoms with Crippen molar-refractivity contribution in [3.05, 3.63) is 85.0 Å². The summed E-state index contributed by atoms with van der Waals surface area (Å²) in [6.45, 7) is 5.92. The molecule has 0 atom stereocenters. The zero-order chi connectivity index (χ0) is 21.2. The first-order valence-corrected chi connectivity index (χ1v) is 7.76. The number of benzene rings is 2. The third kappa shape index (κ3) is 10.4. The Morgan fingerprint density at radius 2 is 1.00 bits per heavy atom. The van der Waals surface area contributed by atoms with Crippen molar-refractivity contribution in [1.29, 1.82) is 0 Å². The molecule has 1 aliphatic carbocycles. The fraction of sp³-hybridized carbons (Fsp3) is 0.143. The summed E-state index contributed by atoms with van der Waals surface area (Å²) in [6, 6.07) is 17.3. The van der Waals surface area contributed by atoms with Crippen LogP contribution in [0.1, 0.15) is 11.1 Å². The van der Waals surface area contributed by atoms with Crippen LogP contribution in [0.5, 0.6) is 0 Å². The van der Waals surface area contributed by atoms with Crippen LogP contribution in [0, 0.1) is 0 Å². The van der Waals surface area contributed by atoms with Gasteiger partial charge in [0, 0.05) is 26.4 Å². The minimum atomic E-state index is -0.981. The van der Waals surface area contributed by atoms with Crippen LogP contribution in [-0.4, -0.2) is 46.6 Å². The van der Waals surface area contributed by atoms with Gasteiger partial charge in [-0.2, -0.15) is 0 Å². The highest BCUT2D eigenvalue weighted by Crippen LogP contribution is 2.35. The quantitative estimate of drug-likeness (QED) is 0.513. The number of aliphatic hydroxyl groups is 2. The van der Waals surface area contributed by atoms with E-state index in [0.717, 1.165) is 32.8 Å². The molecule has 0 unspecified atom stereocenters. The SMILES string of the molecule is C=CC(=O)O.C=CC(=O)O.CO.CO.c1ccc2c(c1)Cc1ccccc1-2. The van der Waals surface area contributed by atoms with Crippen molar-refractivity contribution in [2.45, 2.75) is 6.42 Å². The van der Waals surface area contributed by atoms with E-state index in [0.29, 0.717) is 0 Å². The molecule has 6 heteroatoms. The van der Waals surface area contributed by atoms with Crippen molar-refractivity contribution in [2.75, 3.05) is 14.2 Å². The largest absolute Gasteiger partial charge is 0.478 e. The van der Waals surface area contributed by atoms with Gasteiger partial charge in [0.2, 0.25) is 0 Å². The van der Waals surface area contributed by atoms with Gasteiger partial charge in [0.15, 0.2) is 0 Å². The van der Waals surface area contributed by atoms with Crippen LogP contribution in [0.25, 0.3) is 11.1 Å². The molecule has 4 N–H and O–H groups in total. The maximum atomic E-state index is 9.25. The van der Waals surface area contributed by atoms with E-state index in [1.807, 2.05) is 0 Å². The summed E-state index contributed by atoms with van der Waals surface area (Å²) in [4.78, 5) is 18.5. The molecule has 0 heterocycles. The molecule has 0 radical (unpaired) electrons. The van der Waals surface area contributed by atoms with E-state index in [9.17, 15) is 9.59 Å². The average molecular weight is 374 g/mol. The lowest BCUT2D eigenvalue weighted by Gasteiger charge is -1.98. The molecule has 0 saturated carbocycles. The highest BCUT2D eigenvalue weighted by Gasteiger charge is 2.15. The molecule has 0 saturated heterocycles. The van der Waals surface area contributed by atoms with Crippen LogP contribution < -0.4 is 0 Å². The molecular weight excluding hydrogens is 348 g/mol. The van der Waals surface area contributed by atoms with Crippen molar-refractivity contribution in [3.63, 3.8) is 0 Å². The van der Waals surface area contributed by atoms with E-state index >= 15 is 0 Å². The predicted octanol–water partition coefficient (Wildman–Crippen LogP) is 2.99. The van der Waals surface area contributed by atoms with E-state index in [1.165, 1.54) is 22.3 Å². The summed E-state index contributed by atoms with van der Waals surface area (Å²) >= 11 is 0. The van der Waals surface area contributed by atoms with Crippen LogP contribution in [0.15, 0.2) is 73.8 Å². The number of aliphatic carboxylic acids is 2. The standard InChI is InChI=1S/C13H10.2C3H4O2.2CH4O/c1-3-7-12-10(5-1)9-11-6-2-4-8-13(11)12;2*1-2-3(4)5;2*1-2/h1-8H,9H2;2*2H,1H2,(H,4,5);2*2H,1H3. The van der Waals surface area contributed by atoms with Crippen molar-refractivity contribution < 1.29 is 30.0 Å². The topological polar surface area (TPSA) is 115 Å². The number of fused-ring (bicyclic) bond motifs is 3. The predicted molar refractivity (Wildman–Crippen MR) is 107 cm³/mol. The van der Waals surface area contributed by atoms with Crippen molar-refractivity contribution >= 4 is 11.9 Å². The first-order valence-electron chi connectivity index (χ1n) is 7.76. The molecule has 0 spiro atoms. The van der Waals surface area contributed by atoms with Gasteiger partial charge in [-0.05, 0) is 28.7 Å². The van der Waals surface area contributed by atoms with Gasteiger partial charge in [0.25, 0.3) is 0 Å². The third-order valence-electron chi connectivity index (χ3n) is 3.06.